The largest absolute Gasteiger partial charge is 0.457 e. The first kappa shape index (κ1) is 39.1. The minimum absolute atomic E-state index is 0.777. The molecule has 0 saturated heterocycles. The summed E-state index contributed by atoms with van der Waals surface area (Å²) in [7, 11) is 0. The van der Waals surface area contributed by atoms with Gasteiger partial charge in [-0.1, -0.05) is 84.9 Å². The first-order chi connectivity index (χ1) is 33.7. The molecule has 0 atom stereocenters. The number of hydrogen-bond acceptors (Lipinski definition) is 6. The van der Waals surface area contributed by atoms with Gasteiger partial charge in [-0.05, 0) is 168 Å². The van der Waals surface area contributed by atoms with Crippen molar-refractivity contribution in [2.45, 2.75) is 0 Å². The molecule has 13 rings (SSSR count). The second-order valence-electron chi connectivity index (χ2n) is 16.9. The Labute approximate surface area is 391 Å². The van der Waals surface area contributed by atoms with Gasteiger partial charge in [0.2, 0.25) is 0 Å². The molecule has 2 heterocycles. The van der Waals surface area contributed by atoms with Crippen LogP contribution in [0.5, 0.6) is 23.0 Å². The third kappa shape index (κ3) is 6.91. The molecule has 0 spiro atoms. The van der Waals surface area contributed by atoms with Crippen LogP contribution in [-0.4, -0.2) is 0 Å². The van der Waals surface area contributed by atoms with Gasteiger partial charge < -0.3 is 28.1 Å². The molecule has 68 heavy (non-hydrogen) atoms. The minimum atomic E-state index is 0.777. The zero-order valence-electron chi connectivity index (χ0n) is 36.6. The van der Waals surface area contributed by atoms with Gasteiger partial charge in [-0.25, -0.2) is 0 Å². The van der Waals surface area contributed by atoms with Crippen molar-refractivity contribution in [3.63, 3.8) is 0 Å². The fraction of sp³-hybridized carbons (Fsp3) is 0. The standard InChI is InChI=1S/C62H40N2O4/c1-5-13-43(14-6-1)63(45-23-29-51(30-24-45)65-49-17-9-3-10-18-49)47-27-35-53-41(39-47)21-33-55-56-37-38-58-59(62(56)68-60(53)55)57-34-22-42-40-48(28-36-54(42)61(57)67-58)64(44-15-7-2-8-16-44)46-25-31-52(32-26-46)66-50-19-11-4-12-20-50/h1-40H. The van der Waals surface area contributed by atoms with E-state index in [2.05, 4.69) is 155 Å². The normalized spacial score (nSPS) is 11.5. The van der Waals surface area contributed by atoms with Gasteiger partial charge in [0.1, 0.15) is 45.3 Å². The minimum Gasteiger partial charge on any atom is -0.457 e. The number of para-hydroxylation sites is 4. The van der Waals surface area contributed by atoms with Crippen LogP contribution in [0.1, 0.15) is 0 Å². The van der Waals surface area contributed by atoms with Crippen LogP contribution in [0, 0.1) is 0 Å². The van der Waals surface area contributed by atoms with E-state index < -0.39 is 0 Å². The first-order valence-electron chi connectivity index (χ1n) is 22.7. The highest BCUT2D eigenvalue weighted by Gasteiger charge is 2.21. The SMILES string of the molecule is c1ccc(Oc2ccc(N(c3ccccc3)c3ccc4c(ccc5c6ccc7oc8c9ccc(N(c%10ccccc%10)c%10ccc(Oc%11ccccc%11)cc%10)cc9ccc8c7c6oc45)c3)cc2)cc1. The highest BCUT2D eigenvalue weighted by molar-refractivity contribution is 6.27. The molecular weight excluding hydrogens is 837 g/mol. The highest BCUT2D eigenvalue weighted by atomic mass is 16.5. The third-order valence-electron chi connectivity index (χ3n) is 12.7. The predicted molar refractivity (Wildman–Crippen MR) is 278 cm³/mol. The van der Waals surface area contributed by atoms with E-state index in [1.54, 1.807) is 0 Å². The van der Waals surface area contributed by atoms with Gasteiger partial charge in [0.25, 0.3) is 0 Å². The molecule has 0 radical (unpaired) electrons. The quantitative estimate of drug-likeness (QED) is 0.136. The molecule has 0 saturated carbocycles. The van der Waals surface area contributed by atoms with Crippen LogP contribution >= 0.6 is 0 Å². The summed E-state index contributed by atoms with van der Waals surface area (Å²) in [5, 5.41) is 8.34. The molecule has 0 amide bonds. The van der Waals surface area contributed by atoms with Crippen LogP contribution < -0.4 is 19.3 Å². The van der Waals surface area contributed by atoms with E-state index in [9.17, 15) is 0 Å². The van der Waals surface area contributed by atoms with E-state index in [0.29, 0.717) is 0 Å². The Hall–Kier alpha value is -9.26. The van der Waals surface area contributed by atoms with Gasteiger partial charge in [0.05, 0.1) is 5.39 Å². The molecule has 0 aliphatic carbocycles. The van der Waals surface area contributed by atoms with Gasteiger partial charge in [0.15, 0.2) is 0 Å². The summed E-state index contributed by atoms with van der Waals surface area (Å²) in [6.07, 6.45) is 0. The molecule has 0 fully saturated rings. The van der Waals surface area contributed by atoms with Gasteiger partial charge in [0, 0.05) is 61.1 Å². The molecule has 0 aliphatic heterocycles. The zero-order chi connectivity index (χ0) is 45.0. The number of benzene rings is 11. The molecule has 6 nitrogen and oxygen atoms in total. The molecule has 0 bridgehead atoms. The molecule has 2 aromatic heterocycles. The van der Waals surface area contributed by atoms with Crippen molar-refractivity contribution in [2.75, 3.05) is 9.80 Å². The lowest BCUT2D eigenvalue weighted by Crippen LogP contribution is -2.09. The summed E-state index contributed by atoms with van der Waals surface area (Å²) in [5.74, 6) is 3.16. The van der Waals surface area contributed by atoms with E-state index in [4.69, 9.17) is 18.3 Å². The van der Waals surface area contributed by atoms with Gasteiger partial charge in [-0.3, -0.25) is 0 Å². The topological polar surface area (TPSA) is 51.2 Å². The highest BCUT2D eigenvalue weighted by Crippen LogP contribution is 2.45. The average molecular weight is 877 g/mol. The number of hydrogen-bond donors (Lipinski definition) is 0. The van der Waals surface area contributed by atoms with Crippen LogP contribution in [0.15, 0.2) is 251 Å². The van der Waals surface area contributed by atoms with Crippen LogP contribution in [0.3, 0.4) is 0 Å². The van der Waals surface area contributed by atoms with E-state index >= 15 is 0 Å². The Morgan fingerprint density at radius 1 is 0.265 bits per heavy atom. The van der Waals surface area contributed by atoms with Gasteiger partial charge in [-0.15, -0.1) is 0 Å². The maximum atomic E-state index is 6.98. The molecule has 0 aliphatic rings. The lowest BCUT2D eigenvalue weighted by Gasteiger charge is -2.26. The second-order valence-corrected chi connectivity index (χ2v) is 16.9. The van der Waals surface area contributed by atoms with Gasteiger partial charge >= 0.3 is 0 Å². The number of rotatable bonds is 10. The fourth-order valence-electron chi connectivity index (χ4n) is 9.54. The van der Waals surface area contributed by atoms with Crippen LogP contribution in [-0.2, 0) is 0 Å². The van der Waals surface area contributed by atoms with E-state index in [0.717, 1.165) is 123 Å². The second kappa shape index (κ2) is 16.3. The maximum Gasteiger partial charge on any atom is 0.147 e. The lowest BCUT2D eigenvalue weighted by molar-refractivity contribution is 0.482. The van der Waals surface area contributed by atoms with Crippen molar-refractivity contribution in [2.24, 2.45) is 0 Å². The Bertz CT molecular complexity index is 3950. The number of fused-ring (bicyclic) bond motifs is 11. The summed E-state index contributed by atoms with van der Waals surface area (Å²) in [4.78, 5) is 4.53. The van der Waals surface area contributed by atoms with E-state index in [-0.39, 0.29) is 0 Å². The predicted octanol–water partition coefficient (Wildman–Crippen LogP) is 18.3. The Balaban J connectivity index is 0.867. The van der Waals surface area contributed by atoms with E-state index in [1.165, 1.54) is 0 Å². The molecule has 322 valence electrons. The smallest absolute Gasteiger partial charge is 0.147 e. The Morgan fingerprint density at radius 2 is 0.632 bits per heavy atom. The lowest BCUT2D eigenvalue weighted by atomic mass is 10.0. The first-order valence-corrected chi connectivity index (χ1v) is 22.7. The summed E-state index contributed by atoms with van der Waals surface area (Å²) in [6.45, 7) is 0. The summed E-state index contributed by atoms with van der Waals surface area (Å²) >= 11 is 0. The number of nitrogens with zero attached hydrogens (tertiary/aromatic N) is 2. The molecule has 0 unspecified atom stereocenters. The van der Waals surface area contributed by atoms with E-state index in [1.807, 2.05) is 97.1 Å². The summed E-state index contributed by atoms with van der Waals surface area (Å²) in [6, 6.07) is 83.1. The maximum absolute atomic E-state index is 6.98. The van der Waals surface area contributed by atoms with Crippen molar-refractivity contribution in [1.29, 1.82) is 0 Å². The molecule has 0 N–H and O–H groups in total. The summed E-state index contributed by atoms with van der Waals surface area (Å²) in [5.41, 5.74) is 9.51. The van der Waals surface area contributed by atoms with Crippen LogP contribution in [0.2, 0.25) is 0 Å². The summed E-state index contributed by atoms with van der Waals surface area (Å²) < 4.78 is 26.0. The molecule has 11 aromatic carbocycles. The molecular formula is C62H40N2O4. The van der Waals surface area contributed by atoms with Crippen molar-refractivity contribution < 1.29 is 18.3 Å². The Morgan fingerprint density at radius 3 is 1.13 bits per heavy atom. The van der Waals surface area contributed by atoms with Crippen molar-refractivity contribution in [1.82, 2.24) is 0 Å². The van der Waals surface area contributed by atoms with Crippen molar-refractivity contribution in [3.05, 3.63) is 243 Å². The Kier molecular flexibility index (Phi) is 9.39. The number of furan rings is 2. The fourth-order valence-corrected chi connectivity index (χ4v) is 9.54. The van der Waals surface area contributed by atoms with Crippen molar-refractivity contribution in [3.8, 4) is 23.0 Å². The zero-order valence-corrected chi connectivity index (χ0v) is 36.6. The number of ether oxygens (including phenoxy) is 2. The molecule has 6 heteroatoms. The monoisotopic (exact) mass is 876 g/mol. The average Bonchev–Trinajstić information content (AvgIpc) is 3.98. The number of anilines is 6. The van der Waals surface area contributed by atoms with Crippen LogP contribution in [0.25, 0.3) is 65.4 Å². The van der Waals surface area contributed by atoms with Crippen LogP contribution in [0.4, 0.5) is 34.1 Å². The van der Waals surface area contributed by atoms with Crippen molar-refractivity contribution >= 4 is 99.5 Å². The molecule has 13 aromatic rings. The van der Waals surface area contributed by atoms with Gasteiger partial charge in [-0.2, -0.15) is 0 Å². The third-order valence-corrected chi connectivity index (χ3v) is 12.7.